The molecule has 0 fully saturated rings. The number of nitrogens with two attached hydrogens (primary N) is 1. The Morgan fingerprint density at radius 2 is 1.67 bits per heavy atom. The molecule has 2 N–H and O–H groups in total. The minimum absolute atomic E-state index is 0.585. The van der Waals surface area contributed by atoms with Crippen LogP contribution in [0.4, 0.5) is 5.69 Å². The van der Waals surface area contributed by atoms with Crippen LogP contribution in [0, 0.1) is 0 Å². The summed E-state index contributed by atoms with van der Waals surface area (Å²) >= 11 is 13.1. The van der Waals surface area contributed by atoms with Gasteiger partial charge < -0.3 is 5.73 Å². The molecular formula is C15H10Br2ClN3. The van der Waals surface area contributed by atoms with Crippen molar-refractivity contribution in [1.82, 2.24) is 9.78 Å². The average Bonchev–Trinajstić information content (AvgIpc) is 2.81. The Labute approximate surface area is 144 Å². The Morgan fingerprint density at radius 1 is 1.00 bits per heavy atom. The molecule has 21 heavy (non-hydrogen) atoms. The lowest BCUT2D eigenvalue weighted by Gasteiger charge is -2.03. The molecule has 6 heteroatoms. The summed E-state index contributed by atoms with van der Waals surface area (Å²) in [5, 5.41) is 5.16. The van der Waals surface area contributed by atoms with Gasteiger partial charge in [0.2, 0.25) is 0 Å². The highest BCUT2D eigenvalue weighted by Crippen LogP contribution is 2.33. The van der Waals surface area contributed by atoms with Crippen molar-refractivity contribution in [2.24, 2.45) is 0 Å². The SMILES string of the molecule is Nc1cn(-c2ccc(Br)cc2)nc1-c1ccc(Br)cc1Cl. The van der Waals surface area contributed by atoms with Crippen molar-refractivity contribution in [3.05, 3.63) is 62.6 Å². The Kier molecular flexibility index (Phi) is 4.06. The van der Waals surface area contributed by atoms with Crippen molar-refractivity contribution in [3.8, 4) is 16.9 Å². The lowest BCUT2D eigenvalue weighted by atomic mass is 10.1. The van der Waals surface area contributed by atoms with E-state index in [1.807, 2.05) is 42.5 Å². The molecule has 3 rings (SSSR count). The summed E-state index contributed by atoms with van der Waals surface area (Å²) in [6, 6.07) is 13.5. The molecule has 106 valence electrons. The number of nitrogen functional groups attached to an aromatic ring is 1. The van der Waals surface area contributed by atoms with E-state index in [1.54, 1.807) is 10.9 Å². The maximum atomic E-state index is 6.27. The molecule has 0 atom stereocenters. The number of hydrogen-bond acceptors (Lipinski definition) is 2. The summed E-state index contributed by atoms with van der Waals surface area (Å²) in [5.41, 5.74) is 9.09. The monoisotopic (exact) mass is 425 g/mol. The van der Waals surface area contributed by atoms with E-state index in [9.17, 15) is 0 Å². The Hall–Kier alpha value is -1.30. The number of halogens is 3. The van der Waals surface area contributed by atoms with Crippen LogP contribution in [0.1, 0.15) is 0 Å². The molecule has 0 spiro atoms. The van der Waals surface area contributed by atoms with Gasteiger partial charge in [0.05, 0.1) is 22.6 Å². The first-order chi connectivity index (χ1) is 10.0. The highest BCUT2D eigenvalue weighted by molar-refractivity contribution is 9.10. The van der Waals surface area contributed by atoms with Gasteiger partial charge in [-0.15, -0.1) is 0 Å². The number of anilines is 1. The maximum Gasteiger partial charge on any atom is 0.117 e. The smallest absolute Gasteiger partial charge is 0.117 e. The fourth-order valence-electron chi connectivity index (χ4n) is 2.00. The standard InChI is InChI=1S/C15H10Br2ClN3/c16-9-1-4-11(5-2-9)21-8-14(19)15(20-21)12-6-3-10(17)7-13(12)18/h1-8H,19H2. The van der Waals surface area contributed by atoms with Crippen LogP contribution in [-0.2, 0) is 0 Å². The van der Waals surface area contributed by atoms with Crippen molar-refractivity contribution in [1.29, 1.82) is 0 Å². The molecule has 2 aromatic carbocycles. The van der Waals surface area contributed by atoms with E-state index in [1.165, 1.54) is 0 Å². The first-order valence-electron chi connectivity index (χ1n) is 6.11. The number of nitrogens with zero attached hydrogens (tertiary/aromatic N) is 2. The minimum Gasteiger partial charge on any atom is -0.396 e. The quantitative estimate of drug-likeness (QED) is 0.603. The molecular weight excluding hydrogens is 417 g/mol. The van der Waals surface area contributed by atoms with Gasteiger partial charge in [0.15, 0.2) is 0 Å². The highest BCUT2D eigenvalue weighted by Gasteiger charge is 2.13. The first kappa shape index (κ1) is 14.6. The number of hydrogen-bond donors (Lipinski definition) is 1. The van der Waals surface area contributed by atoms with Gasteiger partial charge in [-0.2, -0.15) is 5.10 Å². The Morgan fingerprint density at radius 3 is 2.33 bits per heavy atom. The number of aromatic nitrogens is 2. The van der Waals surface area contributed by atoms with Crippen LogP contribution in [0.5, 0.6) is 0 Å². The molecule has 0 bridgehead atoms. The van der Waals surface area contributed by atoms with Crippen LogP contribution in [-0.4, -0.2) is 9.78 Å². The molecule has 0 saturated carbocycles. The van der Waals surface area contributed by atoms with Gasteiger partial charge in [0.1, 0.15) is 5.69 Å². The van der Waals surface area contributed by atoms with Crippen LogP contribution >= 0.6 is 43.5 Å². The van der Waals surface area contributed by atoms with Crippen LogP contribution < -0.4 is 5.73 Å². The van der Waals surface area contributed by atoms with E-state index >= 15 is 0 Å². The topological polar surface area (TPSA) is 43.8 Å². The molecule has 0 aliphatic heterocycles. The van der Waals surface area contributed by atoms with Crippen LogP contribution in [0.3, 0.4) is 0 Å². The highest BCUT2D eigenvalue weighted by atomic mass is 79.9. The van der Waals surface area contributed by atoms with E-state index in [2.05, 4.69) is 37.0 Å². The molecule has 0 saturated heterocycles. The zero-order valence-corrected chi connectivity index (χ0v) is 14.7. The molecule has 3 aromatic rings. The van der Waals surface area contributed by atoms with Gasteiger partial charge in [-0.25, -0.2) is 4.68 Å². The number of benzene rings is 2. The predicted octanol–water partition coefficient (Wildman–Crippen LogP) is 5.30. The summed E-state index contributed by atoms with van der Waals surface area (Å²) in [7, 11) is 0. The minimum atomic E-state index is 0.585. The van der Waals surface area contributed by atoms with Crippen molar-refractivity contribution in [2.45, 2.75) is 0 Å². The molecule has 0 radical (unpaired) electrons. The zero-order chi connectivity index (χ0) is 15.0. The summed E-state index contributed by atoms with van der Waals surface area (Å²) in [4.78, 5) is 0. The second kappa shape index (κ2) is 5.83. The van der Waals surface area contributed by atoms with E-state index in [4.69, 9.17) is 17.3 Å². The molecule has 0 aliphatic carbocycles. The van der Waals surface area contributed by atoms with Crippen molar-refractivity contribution >= 4 is 49.1 Å². The van der Waals surface area contributed by atoms with Crippen molar-refractivity contribution in [3.63, 3.8) is 0 Å². The third-order valence-electron chi connectivity index (χ3n) is 3.02. The van der Waals surface area contributed by atoms with E-state index in [0.717, 1.165) is 20.2 Å². The number of rotatable bonds is 2. The molecule has 0 unspecified atom stereocenters. The molecule has 0 amide bonds. The summed E-state index contributed by atoms with van der Waals surface area (Å²) < 4.78 is 3.68. The van der Waals surface area contributed by atoms with Gasteiger partial charge >= 0.3 is 0 Å². The first-order valence-corrected chi connectivity index (χ1v) is 8.07. The lowest BCUT2D eigenvalue weighted by molar-refractivity contribution is 0.884. The van der Waals surface area contributed by atoms with Crippen molar-refractivity contribution < 1.29 is 0 Å². The van der Waals surface area contributed by atoms with Gasteiger partial charge in [-0.05, 0) is 36.4 Å². The molecule has 1 heterocycles. The lowest BCUT2D eigenvalue weighted by Crippen LogP contribution is -1.94. The van der Waals surface area contributed by atoms with E-state index < -0.39 is 0 Å². The molecule has 0 aliphatic rings. The van der Waals surface area contributed by atoms with Gasteiger partial charge in [-0.3, -0.25) is 0 Å². The van der Waals surface area contributed by atoms with E-state index in [-0.39, 0.29) is 0 Å². The average molecular weight is 428 g/mol. The second-order valence-corrected chi connectivity index (χ2v) is 6.72. The summed E-state index contributed by atoms with van der Waals surface area (Å²) in [5.74, 6) is 0. The fraction of sp³-hybridized carbons (Fsp3) is 0. The largest absolute Gasteiger partial charge is 0.396 e. The van der Waals surface area contributed by atoms with Gasteiger partial charge in [0.25, 0.3) is 0 Å². The summed E-state index contributed by atoms with van der Waals surface area (Å²) in [6.45, 7) is 0. The normalized spacial score (nSPS) is 10.8. The Balaban J connectivity index is 2.07. The van der Waals surface area contributed by atoms with Crippen LogP contribution in [0.25, 0.3) is 16.9 Å². The summed E-state index contributed by atoms with van der Waals surface area (Å²) in [6.07, 6.45) is 1.79. The predicted molar refractivity (Wildman–Crippen MR) is 93.8 cm³/mol. The molecule has 1 aromatic heterocycles. The Bertz CT molecular complexity index is 797. The van der Waals surface area contributed by atoms with Crippen LogP contribution in [0.15, 0.2) is 57.6 Å². The third-order valence-corrected chi connectivity index (χ3v) is 4.35. The van der Waals surface area contributed by atoms with Crippen LogP contribution in [0.2, 0.25) is 5.02 Å². The second-order valence-electron chi connectivity index (χ2n) is 4.48. The maximum absolute atomic E-state index is 6.27. The van der Waals surface area contributed by atoms with Gasteiger partial charge in [0, 0.05) is 14.5 Å². The third kappa shape index (κ3) is 3.00. The zero-order valence-electron chi connectivity index (χ0n) is 10.7. The van der Waals surface area contributed by atoms with Crippen molar-refractivity contribution in [2.75, 3.05) is 5.73 Å². The van der Waals surface area contributed by atoms with Gasteiger partial charge in [-0.1, -0.05) is 49.5 Å². The van der Waals surface area contributed by atoms with E-state index in [0.29, 0.717) is 16.4 Å². The fourth-order valence-corrected chi connectivity index (χ4v) is 3.03. The molecule has 3 nitrogen and oxygen atoms in total.